The van der Waals surface area contributed by atoms with Gasteiger partial charge in [-0.3, -0.25) is 9.35 Å². The number of hydrogen-bond acceptors (Lipinski definition) is 6. The molecule has 7 nitrogen and oxygen atoms in total. The molecule has 0 aliphatic carbocycles. The predicted octanol–water partition coefficient (Wildman–Crippen LogP) is 1.87. The van der Waals surface area contributed by atoms with Gasteiger partial charge >= 0.3 is 11.9 Å². The zero-order chi connectivity index (χ0) is 17.3. The Kier molecular flexibility index (Phi) is 8.96. The molecule has 0 saturated heterocycles. The normalized spacial score (nSPS) is 15.5. The lowest BCUT2D eigenvalue weighted by atomic mass is 10.1. The molecule has 0 aromatic heterocycles. The van der Waals surface area contributed by atoms with Crippen molar-refractivity contribution in [2.45, 2.75) is 63.9 Å². The van der Waals surface area contributed by atoms with Crippen LogP contribution < -0.4 is 0 Å². The van der Waals surface area contributed by atoms with Gasteiger partial charge in [0, 0.05) is 12.5 Å². The third-order valence-corrected chi connectivity index (χ3v) is 4.32. The van der Waals surface area contributed by atoms with E-state index in [2.05, 4.69) is 6.58 Å². The van der Waals surface area contributed by atoms with Crippen LogP contribution in [0.1, 0.15) is 46.5 Å². The van der Waals surface area contributed by atoms with Crippen LogP contribution in [0.2, 0.25) is 0 Å². The van der Waals surface area contributed by atoms with E-state index in [0.717, 1.165) is 18.9 Å². The van der Waals surface area contributed by atoms with Gasteiger partial charge in [-0.2, -0.15) is 8.42 Å². The van der Waals surface area contributed by atoms with Gasteiger partial charge in [-0.05, 0) is 20.3 Å². The molecule has 0 aromatic carbocycles. The van der Waals surface area contributed by atoms with Crippen LogP contribution in [0.25, 0.3) is 0 Å². The van der Waals surface area contributed by atoms with Crippen LogP contribution in [-0.2, 0) is 29.2 Å². The SMILES string of the molecule is C=CC(=O)OC(C)C(OC(=O)CCCCC)C(C)S(=O)(=O)O. The minimum atomic E-state index is -4.45. The van der Waals surface area contributed by atoms with Crippen molar-refractivity contribution in [3.05, 3.63) is 12.7 Å². The van der Waals surface area contributed by atoms with E-state index in [9.17, 15) is 18.0 Å². The Labute approximate surface area is 131 Å². The molecule has 0 spiro atoms. The van der Waals surface area contributed by atoms with Crippen molar-refractivity contribution in [2.75, 3.05) is 0 Å². The second-order valence-electron chi connectivity index (χ2n) is 4.98. The molecule has 0 radical (unpaired) electrons. The van der Waals surface area contributed by atoms with Gasteiger partial charge in [0.2, 0.25) is 0 Å². The van der Waals surface area contributed by atoms with Gasteiger partial charge in [-0.1, -0.05) is 26.3 Å². The monoisotopic (exact) mass is 336 g/mol. The molecule has 22 heavy (non-hydrogen) atoms. The summed E-state index contributed by atoms with van der Waals surface area (Å²) in [5.74, 6) is -1.38. The highest BCUT2D eigenvalue weighted by Crippen LogP contribution is 2.17. The highest BCUT2D eigenvalue weighted by Gasteiger charge is 2.36. The van der Waals surface area contributed by atoms with E-state index in [0.29, 0.717) is 6.42 Å². The number of unbranched alkanes of at least 4 members (excludes halogenated alkanes) is 2. The van der Waals surface area contributed by atoms with Crippen molar-refractivity contribution in [1.29, 1.82) is 0 Å². The van der Waals surface area contributed by atoms with E-state index in [1.54, 1.807) is 0 Å². The summed E-state index contributed by atoms with van der Waals surface area (Å²) in [4.78, 5) is 23.0. The smallest absolute Gasteiger partial charge is 0.330 e. The summed E-state index contributed by atoms with van der Waals surface area (Å²) in [5, 5.41) is -1.42. The molecule has 0 aliphatic heterocycles. The first-order chi connectivity index (χ1) is 10.1. The lowest BCUT2D eigenvalue weighted by Crippen LogP contribution is -2.44. The maximum absolute atomic E-state index is 11.8. The average molecular weight is 336 g/mol. The highest BCUT2D eigenvalue weighted by atomic mass is 32.2. The Morgan fingerprint density at radius 2 is 1.82 bits per heavy atom. The molecular weight excluding hydrogens is 312 g/mol. The fourth-order valence-corrected chi connectivity index (χ4v) is 2.39. The van der Waals surface area contributed by atoms with Crippen LogP contribution in [0.3, 0.4) is 0 Å². The first-order valence-corrected chi connectivity index (χ1v) is 8.62. The Hall–Kier alpha value is -1.41. The fraction of sp³-hybridized carbons (Fsp3) is 0.714. The minimum absolute atomic E-state index is 0.130. The summed E-state index contributed by atoms with van der Waals surface area (Å²) in [7, 11) is -4.45. The summed E-state index contributed by atoms with van der Waals surface area (Å²) < 4.78 is 41.7. The minimum Gasteiger partial charge on any atom is -0.457 e. The summed E-state index contributed by atoms with van der Waals surface area (Å²) in [6, 6.07) is 0. The van der Waals surface area contributed by atoms with E-state index in [1.165, 1.54) is 13.8 Å². The molecule has 3 atom stereocenters. The Balaban J connectivity index is 4.97. The lowest BCUT2D eigenvalue weighted by Gasteiger charge is -2.27. The molecule has 0 bridgehead atoms. The number of carbonyl (C=O) groups is 2. The summed E-state index contributed by atoms with van der Waals surface area (Å²) in [6.45, 7) is 7.77. The lowest BCUT2D eigenvalue weighted by molar-refractivity contribution is -0.163. The van der Waals surface area contributed by atoms with E-state index in [-0.39, 0.29) is 6.42 Å². The molecule has 0 fully saturated rings. The summed E-state index contributed by atoms with van der Waals surface area (Å²) >= 11 is 0. The number of ether oxygens (including phenoxy) is 2. The van der Waals surface area contributed by atoms with Crippen LogP contribution in [0.4, 0.5) is 0 Å². The number of esters is 2. The topological polar surface area (TPSA) is 107 Å². The zero-order valence-corrected chi connectivity index (χ0v) is 14.0. The van der Waals surface area contributed by atoms with Crippen LogP contribution in [0.5, 0.6) is 0 Å². The molecule has 0 saturated carbocycles. The van der Waals surface area contributed by atoms with E-state index >= 15 is 0 Å². The molecule has 8 heteroatoms. The number of hydrogen-bond donors (Lipinski definition) is 1. The first-order valence-electron chi connectivity index (χ1n) is 7.12. The summed E-state index contributed by atoms with van der Waals surface area (Å²) in [6.07, 6.45) is 1.08. The van der Waals surface area contributed by atoms with Crippen LogP contribution in [-0.4, -0.2) is 42.4 Å². The maximum atomic E-state index is 11.8. The van der Waals surface area contributed by atoms with Crippen molar-refractivity contribution in [3.8, 4) is 0 Å². The van der Waals surface area contributed by atoms with Gasteiger partial charge in [0.25, 0.3) is 10.1 Å². The first kappa shape index (κ1) is 20.6. The van der Waals surface area contributed by atoms with Gasteiger partial charge < -0.3 is 9.47 Å². The Morgan fingerprint density at radius 3 is 2.27 bits per heavy atom. The number of rotatable bonds is 10. The van der Waals surface area contributed by atoms with Crippen LogP contribution >= 0.6 is 0 Å². The van der Waals surface area contributed by atoms with Crippen molar-refractivity contribution < 1.29 is 32.0 Å². The molecule has 0 aliphatic rings. The van der Waals surface area contributed by atoms with Crippen LogP contribution in [0.15, 0.2) is 12.7 Å². The van der Waals surface area contributed by atoms with E-state index in [4.69, 9.17) is 14.0 Å². The van der Waals surface area contributed by atoms with Crippen LogP contribution in [0, 0.1) is 0 Å². The molecule has 0 aromatic rings. The van der Waals surface area contributed by atoms with Crippen molar-refractivity contribution >= 4 is 22.1 Å². The second kappa shape index (κ2) is 9.58. The second-order valence-corrected chi connectivity index (χ2v) is 6.75. The molecule has 0 amide bonds. The van der Waals surface area contributed by atoms with Gasteiger partial charge in [0.15, 0.2) is 6.10 Å². The van der Waals surface area contributed by atoms with Gasteiger partial charge in [-0.15, -0.1) is 0 Å². The van der Waals surface area contributed by atoms with E-state index < -0.39 is 39.5 Å². The zero-order valence-electron chi connectivity index (χ0n) is 13.1. The molecule has 1 N–H and O–H groups in total. The molecule has 3 unspecified atom stereocenters. The quantitative estimate of drug-likeness (QED) is 0.281. The molecular formula is C14H24O7S. The van der Waals surface area contributed by atoms with Crippen molar-refractivity contribution in [3.63, 3.8) is 0 Å². The molecule has 128 valence electrons. The van der Waals surface area contributed by atoms with Gasteiger partial charge in [-0.25, -0.2) is 4.79 Å². The Morgan fingerprint density at radius 1 is 1.23 bits per heavy atom. The predicted molar refractivity (Wildman–Crippen MR) is 80.8 cm³/mol. The van der Waals surface area contributed by atoms with Crippen molar-refractivity contribution in [1.82, 2.24) is 0 Å². The average Bonchev–Trinajstić information content (AvgIpc) is 2.42. The summed E-state index contributed by atoms with van der Waals surface area (Å²) in [5.41, 5.74) is 0. The fourth-order valence-electron chi connectivity index (χ4n) is 1.77. The number of carbonyl (C=O) groups excluding carboxylic acids is 2. The molecule has 0 rings (SSSR count). The third-order valence-electron chi connectivity index (χ3n) is 3.12. The highest BCUT2D eigenvalue weighted by molar-refractivity contribution is 7.86. The maximum Gasteiger partial charge on any atom is 0.330 e. The standard InChI is InChI=1S/C14H24O7S/c1-5-7-8-9-13(16)21-14(11(4)22(17,18)19)10(3)20-12(15)6-2/h6,10-11,14H,2,5,7-9H2,1,3-4H3,(H,17,18,19). The van der Waals surface area contributed by atoms with E-state index in [1.807, 2.05) is 6.92 Å². The molecule has 0 heterocycles. The Bertz CT molecular complexity index is 483. The van der Waals surface area contributed by atoms with Gasteiger partial charge in [0.05, 0.1) is 0 Å². The third kappa shape index (κ3) is 7.56. The van der Waals surface area contributed by atoms with Gasteiger partial charge in [0.1, 0.15) is 11.4 Å². The largest absolute Gasteiger partial charge is 0.457 e. The van der Waals surface area contributed by atoms with Crippen molar-refractivity contribution in [2.24, 2.45) is 0 Å².